The monoisotopic (exact) mass is 610 g/mol. The molecule has 4 N–H and O–H groups in total. The highest BCUT2D eigenvalue weighted by molar-refractivity contribution is 5.66. The van der Waals surface area contributed by atoms with Gasteiger partial charge in [-0.2, -0.15) is 10.3 Å². The van der Waals surface area contributed by atoms with E-state index in [1.54, 1.807) is 24.3 Å². The van der Waals surface area contributed by atoms with Gasteiger partial charge in [-0.05, 0) is 87.4 Å². The van der Waals surface area contributed by atoms with Crippen molar-refractivity contribution in [3.8, 4) is 0 Å². The van der Waals surface area contributed by atoms with Gasteiger partial charge in [-0.3, -0.25) is 9.59 Å². The van der Waals surface area contributed by atoms with Crippen LogP contribution in [0.1, 0.15) is 67.1 Å². The first-order valence-corrected chi connectivity index (χ1v) is 14.7. The molecule has 0 aliphatic carbocycles. The molecule has 0 unspecified atom stereocenters. The van der Waals surface area contributed by atoms with Crippen LogP contribution in [-0.2, 0) is 12.8 Å². The van der Waals surface area contributed by atoms with Crippen LogP contribution in [0.2, 0.25) is 0 Å². The zero-order valence-corrected chi connectivity index (χ0v) is 24.4. The molecule has 6 rings (SSSR count). The summed E-state index contributed by atoms with van der Waals surface area (Å²) in [5.41, 5.74) is 0.509. The smallest absolute Gasteiger partial charge is 0.407 e. The number of amides is 1. The van der Waals surface area contributed by atoms with Gasteiger partial charge in [0.15, 0.2) is 0 Å². The van der Waals surface area contributed by atoms with Crippen molar-refractivity contribution in [2.75, 3.05) is 13.1 Å². The van der Waals surface area contributed by atoms with Crippen molar-refractivity contribution in [1.82, 2.24) is 20.5 Å². The third-order valence-electron chi connectivity index (χ3n) is 8.50. The number of carbonyl (C=O) groups is 1. The fraction of sp³-hybridized carbons (Fsp3) is 0.406. The SMILES string of the molecule is C[C@@]1(Cc2cccc(F)c2)C[C@@H](c2cc(=O)[nH]o2)CCN1C(=O)O.O=c1cc([C@H]2CCN[C@H](Cc3cccc(F)c3)C2)o[nH]1. The Labute approximate surface area is 252 Å². The van der Waals surface area contributed by atoms with E-state index in [9.17, 15) is 28.3 Å². The van der Waals surface area contributed by atoms with E-state index in [2.05, 4.69) is 15.6 Å². The molecule has 0 bridgehead atoms. The van der Waals surface area contributed by atoms with Crippen LogP contribution < -0.4 is 16.4 Å². The van der Waals surface area contributed by atoms with Crippen molar-refractivity contribution in [2.45, 2.75) is 68.9 Å². The molecule has 4 aromatic rings. The van der Waals surface area contributed by atoms with Gasteiger partial charge >= 0.3 is 6.09 Å². The lowest BCUT2D eigenvalue weighted by molar-refractivity contribution is 0.0461. The van der Waals surface area contributed by atoms with Crippen LogP contribution in [-0.4, -0.2) is 51.1 Å². The molecular formula is C32H36F2N4O6. The number of likely N-dealkylation sites (tertiary alicyclic amines) is 1. The van der Waals surface area contributed by atoms with Gasteiger partial charge in [-0.1, -0.05) is 24.3 Å². The lowest BCUT2D eigenvalue weighted by Crippen LogP contribution is -2.55. The molecule has 2 aromatic heterocycles. The molecule has 44 heavy (non-hydrogen) atoms. The van der Waals surface area contributed by atoms with E-state index in [0.717, 1.165) is 42.7 Å². The summed E-state index contributed by atoms with van der Waals surface area (Å²) in [4.78, 5) is 35.5. The van der Waals surface area contributed by atoms with Crippen molar-refractivity contribution in [3.05, 3.63) is 116 Å². The molecule has 10 nitrogen and oxygen atoms in total. The highest BCUT2D eigenvalue weighted by atomic mass is 19.1. The maximum absolute atomic E-state index is 13.5. The number of hydrogen-bond donors (Lipinski definition) is 4. The summed E-state index contributed by atoms with van der Waals surface area (Å²) >= 11 is 0. The van der Waals surface area contributed by atoms with Crippen molar-refractivity contribution in [1.29, 1.82) is 0 Å². The number of aromatic nitrogens is 2. The molecule has 4 atom stereocenters. The average Bonchev–Trinajstić information content (AvgIpc) is 3.61. The Morgan fingerprint density at radius 1 is 0.932 bits per heavy atom. The maximum atomic E-state index is 13.5. The Kier molecular flexibility index (Phi) is 9.48. The second-order valence-electron chi connectivity index (χ2n) is 11.9. The van der Waals surface area contributed by atoms with E-state index >= 15 is 0 Å². The van der Waals surface area contributed by atoms with E-state index in [0.29, 0.717) is 31.6 Å². The first kappa shape index (κ1) is 31.0. The summed E-state index contributed by atoms with van der Waals surface area (Å²) in [6, 6.07) is 16.1. The number of rotatable bonds is 6. The molecule has 2 aromatic carbocycles. The number of benzene rings is 2. The number of hydrogen-bond acceptors (Lipinski definition) is 6. The summed E-state index contributed by atoms with van der Waals surface area (Å²) in [7, 11) is 0. The predicted octanol–water partition coefficient (Wildman–Crippen LogP) is 5.15. The van der Waals surface area contributed by atoms with Crippen LogP contribution >= 0.6 is 0 Å². The largest absolute Gasteiger partial charge is 0.465 e. The topological polar surface area (TPSA) is 145 Å². The van der Waals surface area contributed by atoms with Gasteiger partial charge in [0.05, 0.1) is 0 Å². The Bertz CT molecular complexity index is 1680. The number of aromatic amines is 2. The Morgan fingerprint density at radius 2 is 1.55 bits per heavy atom. The average molecular weight is 611 g/mol. The molecule has 0 saturated carbocycles. The summed E-state index contributed by atoms with van der Waals surface area (Å²) in [6.45, 7) is 3.06. The fourth-order valence-electron chi connectivity index (χ4n) is 6.49. The lowest BCUT2D eigenvalue weighted by Gasteiger charge is -2.46. The minimum atomic E-state index is -0.997. The summed E-state index contributed by atoms with van der Waals surface area (Å²) in [6.07, 6.45) is 3.08. The number of H-pyrrole nitrogens is 2. The Hall–Kier alpha value is -4.45. The number of halogens is 2. The molecule has 0 radical (unpaired) electrons. The third kappa shape index (κ3) is 7.73. The van der Waals surface area contributed by atoms with Crippen molar-refractivity contribution in [2.24, 2.45) is 0 Å². The van der Waals surface area contributed by atoms with E-state index in [-0.39, 0.29) is 40.6 Å². The lowest BCUT2D eigenvalue weighted by atomic mass is 9.77. The number of piperidine rings is 2. The second kappa shape index (κ2) is 13.5. The first-order valence-electron chi connectivity index (χ1n) is 14.7. The summed E-state index contributed by atoms with van der Waals surface area (Å²) < 4.78 is 37.0. The number of nitrogens with one attached hydrogen (secondary N) is 3. The van der Waals surface area contributed by atoms with E-state index in [4.69, 9.17) is 9.05 Å². The van der Waals surface area contributed by atoms with Crippen LogP contribution in [0.25, 0.3) is 0 Å². The van der Waals surface area contributed by atoms with Crippen LogP contribution in [0, 0.1) is 11.6 Å². The van der Waals surface area contributed by atoms with Gasteiger partial charge in [-0.25, -0.2) is 13.6 Å². The predicted molar refractivity (Wildman–Crippen MR) is 158 cm³/mol. The van der Waals surface area contributed by atoms with Crippen LogP contribution in [0.15, 0.2) is 79.3 Å². The van der Waals surface area contributed by atoms with Crippen LogP contribution in [0.4, 0.5) is 13.6 Å². The Morgan fingerprint density at radius 3 is 2.14 bits per heavy atom. The number of carboxylic acid groups (broad SMARTS) is 1. The molecule has 234 valence electrons. The summed E-state index contributed by atoms with van der Waals surface area (Å²) in [5.74, 6) is 0.900. The van der Waals surface area contributed by atoms with Crippen molar-refractivity contribution in [3.63, 3.8) is 0 Å². The van der Waals surface area contributed by atoms with Crippen LogP contribution in [0.5, 0.6) is 0 Å². The maximum Gasteiger partial charge on any atom is 0.407 e. The first-order chi connectivity index (χ1) is 21.1. The third-order valence-corrected chi connectivity index (χ3v) is 8.50. The highest BCUT2D eigenvalue weighted by Gasteiger charge is 2.42. The molecule has 2 aliphatic heterocycles. The second-order valence-corrected chi connectivity index (χ2v) is 11.9. The van der Waals surface area contributed by atoms with E-state index in [1.165, 1.54) is 35.2 Å². The highest BCUT2D eigenvalue weighted by Crippen LogP contribution is 2.39. The van der Waals surface area contributed by atoms with Gasteiger partial charge in [0, 0.05) is 42.1 Å². The zero-order chi connectivity index (χ0) is 31.3. The molecule has 1 amide bonds. The van der Waals surface area contributed by atoms with Crippen molar-refractivity contribution >= 4 is 6.09 Å². The van der Waals surface area contributed by atoms with Gasteiger partial charge < -0.3 is 24.4 Å². The summed E-state index contributed by atoms with van der Waals surface area (Å²) in [5, 5.41) is 17.6. The van der Waals surface area contributed by atoms with Crippen LogP contribution in [0.3, 0.4) is 0 Å². The fourth-order valence-corrected chi connectivity index (χ4v) is 6.49. The minimum Gasteiger partial charge on any atom is -0.465 e. The van der Waals surface area contributed by atoms with Gasteiger partial charge in [0.2, 0.25) is 0 Å². The molecule has 4 heterocycles. The van der Waals surface area contributed by atoms with E-state index in [1.807, 2.05) is 13.0 Å². The molecule has 0 spiro atoms. The number of nitrogens with zero attached hydrogens (tertiary/aromatic N) is 1. The van der Waals surface area contributed by atoms with Crippen molar-refractivity contribution < 1.29 is 27.7 Å². The minimum absolute atomic E-state index is 0.0573. The Balaban J connectivity index is 0.000000177. The van der Waals surface area contributed by atoms with Gasteiger partial charge in [-0.15, -0.1) is 0 Å². The zero-order valence-electron chi connectivity index (χ0n) is 24.4. The quantitative estimate of drug-likeness (QED) is 0.236. The molecule has 12 heteroatoms. The van der Waals surface area contributed by atoms with Gasteiger partial charge in [0.25, 0.3) is 11.1 Å². The van der Waals surface area contributed by atoms with Gasteiger partial charge in [0.1, 0.15) is 23.2 Å². The molecule has 2 aliphatic rings. The molecule has 2 saturated heterocycles. The molecular weight excluding hydrogens is 574 g/mol. The molecule has 2 fully saturated rings. The standard InChI is InChI=1S/C17H19FN2O4.C15H17FN2O2/c1-17(9-11-3-2-4-13(18)7-11)10-12(5-6-20(17)16(22)23)14-8-15(21)19-24-14;16-12-3-1-2-10(6-12)7-13-8-11(4-5-17-13)14-9-15(19)18-20-14/h2-4,7-8,12H,5-6,9-10H2,1H3,(H,19,21)(H,22,23);1-3,6,9,11,13,17H,4-5,7-8H2,(H,18,19)/t12-,17+;11-,13+/m00/s1. The van der Waals surface area contributed by atoms with E-state index < -0.39 is 11.6 Å². The normalized spacial score (nSPS) is 23.5.